The quantitative estimate of drug-likeness (QED) is 0.556. The van der Waals surface area contributed by atoms with Gasteiger partial charge in [0.15, 0.2) is 0 Å². The van der Waals surface area contributed by atoms with Gasteiger partial charge in [-0.3, -0.25) is 4.79 Å². The molecule has 0 aliphatic heterocycles. The van der Waals surface area contributed by atoms with Crippen molar-refractivity contribution in [2.75, 3.05) is 0 Å². The zero-order valence-electron chi connectivity index (χ0n) is 6.02. The second kappa shape index (κ2) is 7.02. The van der Waals surface area contributed by atoms with Crippen LogP contribution in [0, 0.1) is 0 Å². The number of hydrogen-bond acceptors (Lipinski definition) is 2. The van der Waals surface area contributed by atoms with E-state index in [0.29, 0.717) is 6.42 Å². The Morgan fingerprint density at radius 3 is 2.80 bits per heavy atom. The summed E-state index contributed by atoms with van der Waals surface area (Å²) in [4.78, 5) is 10.7. The second-order valence-corrected chi connectivity index (χ2v) is 2.38. The van der Waals surface area contributed by atoms with Crippen molar-refractivity contribution in [3.63, 3.8) is 0 Å². The van der Waals surface area contributed by atoms with Gasteiger partial charge in [0.1, 0.15) is 16.3 Å². The number of unbranched alkanes of at least 4 members (excludes halogenated alkanes) is 2. The van der Waals surface area contributed by atoms with E-state index in [0.717, 1.165) is 19.3 Å². The molecule has 0 radical (unpaired) electrons. The molecule has 0 spiro atoms. The molecule has 0 heterocycles. The number of amides is 1. The lowest BCUT2D eigenvalue weighted by molar-refractivity contribution is -0.126. The molecular formula is C6H12BrNO2. The normalized spacial score (nSPS) is 9.40. The van der Waals surface area contributed by atoms with E-state index in [9.17, 15) is 4.79 Å². The molecule has 0 fully saturated rings. The molecule has 0 saturated carbocycles. The maximum Gasteiger partial charge on any atom is 0.244 e. The van der Waals surface area contributed by atoms with Crippen LogP contribution >= 0.6 is 16.3 Å². The predicted molar refractivity (Wildman–Crippen MR) is 42.3 cm³/mol. The van der Waals surface area contributed by atoms with Crippen molar-refractivity contribution in [1.82, 2.24) is 5.48 Å². The fourth-order valence-corrected chi connectivity index (χ4v) is 0.810. The lowest BCUT2D eigenvalue weighted by Crippen LogP contribution is -2.18. The van der Waals surface area contributed by atoms with Gasteiger partial charge in [0.05, 0.1) is 0 Å². The van der Waals surface area contributed by atoms with Gasteiger partial charge in [-0.05, 0) is 6.42 Å². The van der Waals surface area contributed by atoms with Crippen molar-refractivity contribution in [2.45, 2.75) is 32.6 Å². The van der Waals surface area contributed by atoms with Gasteiger partial charge in [-0.25, -0.2) is 5.48 Å². The minimum Gasteiger partial charge on any atom is -0.273 e. The third kappa shape index (κ3) is 6.04. The first-order chi connectivity index (χ1) is 4.81. The Bertz CT molecular complexity index is 97.7. The van der Waals surface area contributed by atoms with Crippen LogP contribution in [0.25, 0.3) is 0 Å². The van der Waals surface area contributed by atoms with E-state index >= 15 is 0 Å². The van der Waals surface area contributed by atoms with Crippen molar-refractivity contribution < 1.29 is 8.72 Å². The van der Waals surface area contributed by atoms with Gasteiger partial charge < -0.3 is 0 Å². The third-order valence-corrected chi connectivity index (χ3v) is 1.32. The van der Waals surface area contributed by atoms with Crippen molar-refractivity contribution in [3.8, 4) is 0 Å². The van der Waals surface area contributed by atoms with E-state index in [1.165, 1.54) is 0 Å². The van der Waals surface area contributed by atoms with Crippen LogP contribution in [-0.4, -0.2) is 5.91 Å². The molecule has 0 aromatic carbocycles. The number of nitrogens with one attached hydrogen (secondary N) is 1. The van der Waals surface area contributed by atoms with Gasteiger partial charge in [-0.1, -0.05) is 19.8 Å². The van der Waals surface area contributed by atoms with Gasteiger partial charge in [0.25, 0.3) is 0 Å². The number of hydroxylamine groups is 1. The summed E-state index contributed by atoms with van der Waals surface area (Å²) in [5.74, 6) is -0.0784. The topological polar surface area (TPSA) is 38.3 Å². The zero-order chi connectivity index (χ0) is 7.82. The van der Waals surface area contributed by atoms with E-state index in [1.807, 2.05) is 0 Å². The van der Waals surface area contributed by atoms with Gasteiger partial charge in [-0.15, -0.1) is 0 Å². The largest absolute Gasteiger partial charge is 0.273 e. The summed E-state index contributed by atoms with van der Waals surface area (Å²) in [6, 6.07) is 0. The minimum atomic E-state index is -0.0784. The van der Waals surface area contributed by atoms with Crippen LogP contribution < -0.4 is 5.48 Å². The van der Waals surface area contributed by atoms with Gasteiger partial charge in [0, 0.05) is 6.42 Å². The Morgan fingerprint density at radius 2 is 2.30 bits per heavy atom. The fourth-order valence-electron chi connectivity index (χ4n) is 0.630. The molecule has 3 nitrogen and oxygen atoms in total. The molecule has 0 atom stereocenters. The highest BCUT2D eigenvalue weighted by molar-refractivity contribution is 9.05. The molecule has 0 rings (SSSR count). The number of carbonyl (C=O) groups excluding carboxylic acids is 1. The lowest BCUT2D eigenvalue weighted by atomic mass is 10.2. The summed E-state index contributed by atoms with van der Waals surface area (Å²) in [5.41, 5.74) is 2.18. The van der Waals surface area contributed by atoms with E-state index in [2.05, 4.69) is 32.6 Å². The molecule has 60 valence electrons. The first-order valence-corrected chi connectivity index (χ1v) is 4.02. The number of carbonyl (C=O) groups is 1. The van der Waals surface area contributed by atoms with Crippen molar-refractivity contribution in [3.05, 3.63) is 0 Å². The monoisotopic (exact) mass is 209 g/mol. The highest BCUT2D eigenvalue weighted by Crippen LogP contribution is 1.98. The van der Waals surface area contributed by atoms with E-state index in [-0.39, 0.29) is 5.91 Å². The van der Waals surface area contributed by atoms with Gasteiger partial charge >= 0.3 is 0 Å². The lowest BCUT2D eigenvalue weighted by Gasteiger charge is -1.97. The van der Waals surface area contributed by atoms with E-state index < -0.39 is 0 Å². The van der Waals surface area contributed by atoms with Crippen molar-refractivity contribution in [2.24, 2.45) is 0 Å². The van der Waals surface area contributed by atoms with Crippen LogP contribution in [0.1, 0.15) is 32.6 Å². The van der Waals surface area contributed by atoms with Crippen LogP contribution in [0.5, 0.6) is 0 Å². The fraction of sp³-hybridized carbons (Fsp3) is 0.833. The number of halogens is 1. The number of hydrogen-bond donors (Lipinski definition) is 1. The highest BCUT2D eigenvalue weighted by atomic mass is 79.9. The molecule has 0 bridgehead atoms. The molecule has 0 aliphatic carbocycles. The minimum absolute atomic E-state index is 0.0784. The van der Waals surface area contributed by atoms with Crippen LogP contribution in [0.15, 0.2) is 0 Å². The van der Waals surface area contributed by atoms with Crippen molar-refractivity contribution >= 4 is 22.2 Å². The Kier molecular flexibility index (Phi) is 6.96. The molecule has 1 amide bonds. The SMILES string of the molecule is CCCCCC(=O)NOBr. The Hall–Kier alpha value is -0.0900. The van der Waals surface area contributed by atoms with E-state index in [1.54, 1.807) is 0 Å². The summed E-state index contributed by atoms with van der Waals surface area (Å²) in [5, 5.41) is 0. The highest BCUT2D eigenvalue weighted by Gasteiger charge is 1.97. The third-order valence-electron chi connectivity index (χ3n) is 1.16. The first-order valence-electron chi connectivity index (χ1n) is 3.37. The molecule has 0 unspecified atom stereocenters. The second-order valence-electron chi connectivity index (χ2n) is 2.06. The molecule has 1 N–H and O–H groups in total. The van der Waals surface area contributed by atoms with Crippen LogP contribution in [0.3, 0.4) is 0 Å². The maximum atomic E-state index is 10.7. The molecule has 0 saturated heterocycles. The smallest absolute Gasteiger partial charge is 0.244 e. The van der Waals surface area contributed by atoms with Crippen LogP contribution in [0.4, 0.5) is 0 Å². The van der Waals surface area contributed by atoms with E-state index in [4.69, 9.17) is 0 Å². The number of rotatable bonds is 5. The molecule has 0 aliphatic rings. The first kappa shape index (κ1) is 9.91. The Labute approximate surface area is 69.5 Å². The van der Waals surface area contributed by atoms with Crippen LogP contribution in [0.2, 0.25) is 0 Å². The summed E-state index contributed by atoms with van der Waals surface area (Å²) in [6.07, 6.45) is 3.69. The molecular weight excluding hydrogens is 198 g/mol. The molecule has 10 heavy (non-hydrogen) atoms. The Balaban J connectivity index is 3.05. The van der Waals surface area contributed by atoms with Gasteiger partial charge in [0.2, 0.25) is 5.91 Å². The average molecular weight is 210 g/mol. The Morgan fingerprint density at radius 1 is 1.60 bits per heavy atom. The van der Waals surface area contributed by atoms with Crippen LogP contribution in [-0.2, 0) is 8.72 Å². The zero-order valence-corrected chi connectivity index (χ0v) is 7.61. The predicted octanol–water partition coefficient (Wildman–Crippen LogP) is 1.92. The maximum absolute atomic E-state index is 10.7. The summed E-state index contributed by atoms with van der Waals surface area (Å²) < 4.78 is 4.25. The summed E-state index contributed by atoms with van der Waals surface area (Å²) in [7, 11) is 0. The standard InChI is InChI=1S/C6H12BrNO2/c1-2-3-4-5-6(9)8-10-7/h2-5H2,1H3,(H,8,9). The molecule has 0 aromatic rings. The summed E-state index contributed by atoms with van der Waals surface area (Å²) >= 11 is 2.63. The molecule has 0 aromatic heterocycles. The molecule has 4 heteroatoms. The van der Waals surface area contributed by atoms with Crippen molar-refractivity contribution in [1.29, 1.82) is 0 Å². The summed E-state index contributed by atoms with van der Waals surface area (Å²) in [6.45, 7) is 2.10. The average Bonchev–Trinajstić information content (AvgIpc) is 1.89. The van der Waals surface area contributed by atoms with Gasteiger partial charge in [-0.2, -0.15) is 3.93 Å².